The van der Waals surface area contributed by atoms with Gasteiger partial charge in [-0.25, -0.2) is 13.9 Å². The maximum atomic E-state index is 12.5. The molecule has 1 aliphatic carbocycles. The highest BCUT2D eigenvalue weighted by Crippen LogP contribution is 2.30. The Morgan fingerprint density at radius 2 is 2.07 bits per heavy atom. The molecule has 3 rings (SSSR count). The quantitative estimate of drug-likeness (QED) is 0.665. The van der Waals surface area contributed by atoms with Gasteiger partial charge in [-0.15, -0.1) is 13.2 Å². The van der Waals surface area contributed by atoms with Crippen LogP contribution in [0.15, 0.2) is 12.3 Å². The van der Waals surface area contributed by atoms with E-state index in [4.69, 9.17) is 5.73 Å². The molecule has 13 heteroatoms. The Kier molecular flexibility index (Phi) is 5.47. The number of hydrogen-bond acceptors (Lipinski definition) is 6. The first-order valence-corrected chi connectivity index (χ1v) is 8.05. The lowest BCUT2D eigenvalue weighted by atomic mass is 9.89. The zero-order valence-corrected chi connectivity index (χ0v) is 14.2. The number of nitrogens with two attached hydrogens (primary N) is 1. The SMILES string of the molecule is NC(=O)c1c(COCF)nn2c(C(=O)N[C@H]3C[C@@H](OC(F)(F)F)C3)ccnc12. The average molecular weight is 405 g/mol. The number of nitrogens with zero attached hydrogens (tertiary/aromatic N) is 3. The van der Waals surface area contributed by atoms with Crippen LogP contribution in [-0.4, -0.2) is 51.8 Å². The van der Waals surface area contributed by atoms with Gasteiger partial charge in [0.05, 0.1) is 12.7 Å². The third-order valence-electron chi connectivity index (χ3n) is 4.12. The summed E-state index contributed by atoms with van der Waals surface area (Å²) in [5.74, 6) is -1.53. The lowest BCUT2D eigenvalue weighted by molar-refractivity contribution is -0.351. The molecule has 1 aliphatic rings. The minimum absolute atomic E-state index is 0.000172. The molecular formula is C15H15F4N5O4. The second-order valence-corrected chi connectivity index (χ2v) is 6.04. The van der Waals surface area contributed by atoms with E-state index < -0.39 is 37.2 Å². The molecule has 0 aromatic carbocycles. The van der Waals surface area contributed by atoms with Crippen LogP contribution in [0.5, 0.6) is 0 Å². The van der Waals surface area contributed by atoms with Crippen molar-refractivity contribution in [3.8, 4) is 0 Å². The van der Waals surface area contributed by atoms with E-state index in [1.54, 1.807) is 0 Å². The lowest BCUT2D eigenvalue weighted by Gasteiger charge is -2.35. The molecule has 28 heavy (non-hydrogen) atoms. The highest BCUT2D eigenvalue weighted by atomic mass is 19.4. The zero-order chi connectivity index (χ0) is 20.5. The molecule has 152 valence electrons. The third kappa shape index (κ3) is 4.20. The van der Waals surface area contributed by atoms with E-state index in [2.05, 4.69) is 24.9 Å². The molecule has 0 atom stereocenters. The van der Waals surface area contributed by atoms with Crippen LogP contribution in [-0.2, 0) is 16.1 Å². The minimum Gasteiger partial charge on any atom is -0.365 e. The number of nitrogens with one attached hydrogen (secondary N) is 1. The van der Waals surface area contributed by atoms with Crippen molar-refractivity contribution in [2.24, 2.45) is 5.73 Å². The molecular weight excluding hydrogens is 390 g/mol. The number of fused-ring (bicyclic) bond motifs is 1. The van der Waals surface area contributed by atoms with Gasteiger partial charge < -0.3 is 15.8 Å². The number of aromatic nitrogens is 3. The topological polar surface area (TPSA) is 121 Å². The highest BCUT2D eigenvalue weighted by molar-refractivity contribution is 6.01. The van der Waals surface area contributed by atoms with E-state index in [1.165, 1.54) is 12.3 Å². The van der Waals surface area contributed by atoms with Crippen LogP contribution in [0.25, 0.3) is 5.65 Å². The van der Waals surface area contributed by atoms with Crippen LogP contribution >= 0.6 is 0 Å². The van der Waals surface area contributed by atoms with Gasteiger partial charge in [0.1, 0.15) is 17.0 Å². The molecule has 2 aromatic heterocycles. The Bertz CT molecular complexity index is 894. The predicted octanol–water partition coefficient (Wildman–Crippen LogP) is 1.07. The number of hydrogen-bond donors (Lipinski definition) is 2. The van der Waals surface area contributed by atoms with Crippen molar-refractivity contribution >= 4 is 17.5 Å². The number of carbonyl (C=O) groups excluding carboxylic acids is 2. The van der Waals surface area contributed by atoms with Crippen LogP contribution in [0.3, 0.4) is 0 Å². The van der Waals surface area contributed by atoms with Crippen molar-refractivity contribution in [2.45, 2.75) is 38.0 Å². The molecule has 0 bridgehead atoms. The lowest BCUT2D eigenvalue weighted by Crippen LogP contribution is -2.49. The van der Waals surface area contributed by atoms with Crippen molar-refractivity contribution in [3.63, 3.8) is 0 Å². The first-order valence-electron chi connectivity index (χ1n) is 8.05. The molecule has 0 unspecified atom stereocenters. The normalized spacial score (nSPS) is 19.4. The van der Waals surface area contributed by atoms with Gasteiger partial charge in [0.2, 0.25) is 0 Å². The Morgan fingerprint density at radius 3 is 2.68 bits per heavy atom. The molecule has 0 aliphatic heterocycles. The Hall–Kier alpha value is -2.80. The summed E-state index contributed by atoms with van der Waals surface area (Å²) < 4.78 is 58.2. The van der Waals surface area contributed by atoms with Crippen molar-refractivity contribution in [2.75, 3.05) is 6.86 Å². The third-order valence-corrected chi connectivity index (χ3v) is 4.12. The van der Waals surface area contributed by atoms with Crippen LogP contribution in [0.2, 0.25) is 0 Å². The Balaban J connectivity index is 1.78. The standard InChI is InChI=1S/C15H15F4N5O4/c16-6-27-5-9-11(12(20)25)13-21-2-1-10(24(13)23-9)14(26)22-7-3-8(4-7)28-15(17,18)19/h1-2,7-8H,3-6H2,(H2,20,25)(H,22,26)/t7-,8+. The number of alkyl halides is 4. The molecule has 2 amide bonds. The number of carbonyl (C=O) groups is 2. The van der Waals surface area contributed by atoms with Crippen LogP contribution in [0.4, 0.5) is 17.6 Å². The second-order valence-electron chi connectivity index (χ2n) is 6.04. The summed E-state index contributed by atoms with van der Waals surface area (Å²) in [6.45, 7) is -1.48. The van der Waals surface area contributed by atoms with Crippen LogP contribution in [0.1, 0.15) is 39.4 Å². The van der Waals surface area contributed by atoms with E-state index in [0.717, 1.165) is 4.52 Å². The summed E-state index contributed by atoms with van der Waals surface area (Å²) in [4.78, 5) is 28.2. The zero-order valence-electron chi connectivity index (χ0n) is 14.2. The largest absolute Gasteiger partial charge is 0.522 e. The summed E-state index contributed by atoms with van der Waals surface area (Å²) in [6.07, 6.45) is -4.50. The Morgan fingerprint density at radius 1 is 1.36 bits per heavy atom. The van der Waals surface area contributed by atoms with Gasteiger partial charge in [-0.2, -0.15) is 5.10 Å². The maximum Gasteiger partial charge on any atom is 0.522 e. The fourth-order valence-corrected chi connectivity index (χ4v) is 2.88. The molecule has 2 heterocycles. The molecule has 3 N–H and O–H groups in total. The fraction of sp³-hybridized carbons (Fsp3) is 0.467. The van der Waals surface area contributed by atoms with Crippen LogP contribution in [0, 0.1) is 0 Å². The first kappa shape index (κ1) is 19.9. The van der Waals surface area contributed by atoms with E-state index in [-0.39, 0.29) is 42.0 Å². The summed E-state index contributed by atoms with van der Waals surface area (Å²) in [5.41, 5.74) is 5.14. The maximum absolute atomic E-state index is 12.5. The summed E-state index contributed by atoms with van der Waals surface area (Å²) >= 11 is 0. The van der Waals surface area contributed by atoms with Crippen LogP contribution < -0.4 is 11.1 Å². The highest BCUT2D eigenvalue weighted by Gasteiger charge is 2.40. The summed E-state index contributed by atoms with van der Waals surface area (Å²) in [5, 5.41) is 6.59. The molecule has 9 nitrogen and oxygen atoms in total. The Labute approximate surface area is 154 Å². The van der Waals surface area contributed by atoms with Crippen molar-refractivity contribution in [1.82, 2.24) is 19.9 Å². The van der Waals surface area contributed by atoms with Gasteiger partial charge >= 0.3 is 6.36 Å². The first-order chi connectivity index (χ1) is 13.2. The van der Waals surface area contributed by atoms with Gasteiger partial charge in [-0.05, 0) is 18.9 Å². The smallest absolute Gasteiger partial charge is 0.365 e. The minimum atomic E-state index is -4.73. The van der Waals surface area contributed by atoms with E-state index in [1.807, 2.05) is 0 Å². The molecule has 0 saturated heterocycles. The van der Waals surface area contributed by atoms with Crippen molar-refractivity contribution < 1.29 is 36.6 Å². The number of halogens is 4. The molecule has 0 radical (unpaired) electrons. The van der Waals surface area contributed by atoms with Gasteiger partial charge in [-0.1, -0.05) is 0 Å². The number of amides is 2. The average Bonchev–Trinajstić information content (AvgIpc) is 2.95. The van der Waals surface area contributed by atoms with Gasteiger partial charge in [0, 0.05) is 12.2 Å². The van der Waals surface area contributed by atoms with Gasteiger partial charge in [-0.3, -0.25) is 14.3 Å². The van der Waals surface area contributed by atoms with Gasteiger partial charge in [0.25, 0.3) is 11.8 Å². The fourth-order valence-electron chi connectivity index (χ4n) is 2.88. The molecule has 2 aromatic rings. The molecule has 1 fully saturated rings. The van der Waals surface area contributed by atoms with E-state index in [0.29, 0.717) is 0 Å². The monoisotopic (exact) mass is 405 g/mol. The van der Waals surface area contributed by atoms with E-state index >= 15 is 0 Å². The number of rotatable bonds is 7. The van der Waals surface area contributed by atoms with Gasteiger partial charge in [0.15, 0.2) is 12.5 Å². The van der Waals surface area contributed by atoms with Crippen molar-refractivity contribution in [1.29, 1.82) is 0 Å². The summed E-state index contributed by atoms with van der Waals surface area (Å²) in [6, 6.07) is 0.797. The molecule has 1 saturated carbocycles. The summed E-state index contributed by atoms with van der Waals surface area (Å²) in [7, 11) is 0. The number of ether oxygens (including phenoxy) is 2. The number of primary amides is 1. The molecule has 0 spiro atoms. The van der Waals surface area contributed by atoms with E-state index in [9.17, 15) is 27.2 Å². The van der Waals surface area contributed by atoms with Crippen molar-refractivity contribution in [3.05, 3.63) is 29.2 Å². The second kappa shape index (κ2) is 7.67. The predicted molar refractivity (Wildman–Crippen MR) is 83.7 cm³/mol.